The van der Waals surface area contributed by atoms with Crippen molar-refractivity contribution < 1.29 is 13.2 Å². The Kier molecular flexibility index (Phi) is 4.99. The lowest BCUT2D eigenvalue weighted by Crippen LogP contribution is -2.31. The largest absolute Gasteiger partial charge is 0.416 e. The lowest BCUT2D eigenvalue weighted by molar-refractivity contribution is -0.137. The minimum Gasteiger partial charge on any atom is -0.380 e. The van der Waals surface area contributed by atoms with Crippen LogP contribution in [0.4, 0.5) is 18.9 Å². The standard InChI is InChI=1S/C17H16ClF3N2S/c18-8-12(9-22)23-14-6-11(17(19,20)21)7-16-13(14)5-10-3-1-2-4-15(10)24-16/h1-4,6-7,12,23H,5,8-9,22H2. The quantitative estimate of drug-likeness (QED) is 0.650. The first-order valence-electron chi connectivity index (χ1n) is 7.45. The summed E-state index contributed by atoms with van der Waals surface area (Å²) in [4.78, 5) is 1.61. The second-order valence-corrected chi connectivity index (χ2v) is 7.01. The van der Waals surface area contributed by atoms with Gasteiger partial charge < -0.3 is 11.1 Å². The number of nitrogens with two attached hydrogens (primary N) is 1. The van der Waals surface area contributed by atoms with Gasteiger partial charge in [0.2, 0.25) is 0 Å². The third-order valence-corrected chi connectivity index (χ3v) is 5.50. The molecule has 7 heteroatoms. The number of hydrogen-bond donors (Lipinski definition) is 2. The molecule has 0 fully saturated rings. The van der Waals surface area contributed by atoms with E-state index in [1.807, 2.05) is 24.3 Å². The molecule has 2 aromatic carbocycles. The third kappa shape index (κ3) is 3.50. The van der Waals surface area contributed by atoms with Gasteiger partial charge in [0.25, 0.3) is 0 Å². The van der Waals surface area contributed by atoms with Gasteiger partial charge in [-0.15, -0.1) is 11.6 Å². The third-order valence-electron chi connectivity index (χ3n) is 3.93. The minimum atomic E-state index is -4.40. The van der Waals surface area contributed by atoms with Crippen molar-refractivity contribution in [2.24, 2.45) is 5.73 Å². The van der Waals surface area contributed by atoms with Gasteiger partial charge in [0.15, 0.2) is 0 Å². The van der Waals surface area contributed by atoms with Crippen LogP contribution in [-0.4, -0.2) is 18.5 Å². The summed E-state index contributed by atoms with van der Waals surface area (Å²) in [6.45, 7) is 0.248. The highest BCUT2D eigenvalue weighted by Gasteiger charge is 2.33. The Morgan fingerprint density at radius 3 is 2.62 bits per heavy atom. The average molecular weight is 373 g/mol. The number of hydrogen-bond acceptors (Lipinski definition) is 3. The predicted molar refractivity (Wildman–Crippen MR) is 92.0 cm³/mol. The second-order valence-electron chi connectivity index (χ2n) is 5.62. The molecular weight excluding hydrogens is 357 g/mol. The highest BCUT2D eigenvalue weighted by atomic mass is 35.5. The van der Waals surface area contributed by atoms with Gasteiger partial charge in [-0.05, 0) is 29.3 Å². The van der Waals surface area contributed by atoms with Gasteiger partial charge in [-0.3, -0.25) is 0 Å². The lowest BCUT2D eigenvalue weighted by atomic mass is 9.99. The zero-order valence-corrected chi connectivity index (χ0v) is 14.2. The van der Waals surface area contributed by atoms with E-state index in [4.69, 9.17) is 17.3 Å². The van der Waals surface area contributed by atoms with Gasteiger partial charge in [-0.25, -0.2) is 0 Å². The molecule has 0 aromatic heterocycles. The van der Waals surface area contributed by atoms with Gasteiger partial charge in [-0.2, -0.15) is 13.2 Å². The van der Waals surface area contributed by atoms with Crippen molar-refractivity contribution in [2.75, 3.05) is 17.7 Å². The molecule has 3 N–H and O–H groups in total. The monoisotopic (exact) mass is 372 g/mol. The van der Waals surface area contributed by atoms with Crippen LogP contribution in [0.2, 0.25) is 0 Å². The van der Waals surface area contributed by atoms with E-state index in [0.717, 1.165) is 22.1 Å². The van der Waals surface area contributed by atoms with E-state index in [2.05, 4.69) is 5.32 Å². The maximum absolute atomic E-state index is 13.2. The van der Waals surface area contributed by atoms with Crippen LogP contribution in [0.3, 0.4) is 0 Å². The van der Waals surface area contributed by atoms with E-state index in [1.54, 1.807) is 0 Å². The van der Waals surface area contributed by atoms with E-state index >= 15 is 0 Å². The molecule has 1 aliphatic rings. The highest BCUT2D eigenvalue weighted by molar-refractivity contribution is 7.99. The summed E-state index contributed by atoms with van der Waals surface area (Å²) in [5.74, 6) is 0.227. The number of alkyl halides is 4. The molecule has 1 unspecified atom stereocenters. The van der Waals surface area contributed by atoms with Crippen molar-refractivity contribution >= 4 is 29.1 Å². The lowest BCUT2D eigenvalue weighted by Gasteiger charge is -2.26. The molecule has 1 atom stereocenters. The molecule has 128 valence electrons. The van der Waals surface area contributed by atoms with Crippen LogP contribution in [0.25, 0.3) is 0 Å². The molecule has 2 aromatic rings. The average Bonchev–Trinajstić information content (AvgIpc) is 2.56. The van der Waals surface area contributed by atoms with Gasteiger partial charge >= 0.3 is 6.18 Å². The minimum absolute atomic E-state index is 0.227. The van der Waals surface area contributed by atoms with Crippen LogP contribution in [-0.2, 0) is 12.6 Å². The van der Waals surface area contributed by atoms with Gasteiger partial charge in [0.05, 0.1) is 11.6 Å². The van der Waals surface area contributed by atoms with E-state index in [1.165, 1.54) is 17.8 Å². The Bertz CT molecular complexity index is 745. The zero-order valence-electron chi connectivity index (χ0n) is 12.7. The van der Waals surface area contributed by atoms with E-state index < -0.39 is 11.7 Å². The number of anilines is 1. The first-order chi connectivity index (χ1) is 11.4. The first kappa shape index (κ1) is 17.5. The Morgan fingerprint density at radius 2 is 1.96 bits per heavy atom. The molecule has 0 aliphatic carbocycles. The predicted octanol–water partition coefficient (Wildman–Crippen LogP) is 4.74. The van der Waals surface area contributed by atoms with E-state index in [-0.39, 0.29) is 18.5 Å². The van der Waals surface area contributed by atoms with Crippen molar-refractivity contribution in [3.63, 3.8) is 0 Å². The summed E-state index contributed by atoms with van der Waals surface area (Å²) in [5, 5.41) is 3.08. The summed E-state index contributed by atoms with van der Waals surface area (Å²) < 4.78 is 39.7. The summed E-state index contributed by atoms with van der Waals surface area (Å²) in [6, 6.07) is 9.85. The maximum atomic E-state index is 13.2. The molecule has 2 nitrogen and oxygen atoms in total. The van der Waals surface area contributed by atoms with Crippen molar-refractivity contribution in [1.29, 1.82) is 0 Å². The van der Waals surface area contributed by atoms with Gasteiger partial charge in [0.1, 0.15) is 0 Å². The topological polar surface area (TPSA) is 38.0 Å². The molecule has 0 spiro atoms. The van der Waals surface area contributed by atoms with E-state index in [9.17, 15) is 13.2 Å². The molecule has 0 amide bonds. The van der Waals surface area contributed by atoms with E-state index in [0.29, 0.717) is 17.0 Å². The molecule has 24 heavy (non-hydrogen) atoms. The summed E-state index contributed by atoms with van der Waals surface area (Å²) in [7, 11) is 0. The number of fused-ring (bicyclic) bond motifs is 2. The smallest absolute Gasteiger partial charge is 0.380 e. The van der Waals surface area contributed by atoms with Crippen molar-refractivity contribution in [1.82, 2.24) is 0 Å². The molecule has 0 radical (unpaired) electrons. The van der Waals surface area contributed by atoms with Crippen LogP contribution in [0, 0.1) is 0 Å². The molecule has 0 bridgehead atoms. The van der Waals surface area contributed by atoms with Crippen LogP contribution in [0.5, 0.6) is 0 Å². The number of benzene rings is 2. The molecular formula is C17H16ClF3N2S. The second kappa shape index (κ2) is 6.86. The van der Waals surface area contributed by atoms with Crippen LogP contribution in [0.15, 0.2) is 46.2 Å². The van der Waals surface area contributed by atoms with Gasteiger partial charge in [0, 0.05) is 34.3 Å². The first-order valence-corrected chi connectivity index (χ1v) is 8.80. The van der Waals surface area contributed by atoms with Crippen molar-refractivity contribution in [3.05, 3.63) is 53.1 Å². The zero-order chi connectivity index (χ0) is 17.3. The Balaban J connectivity index is 2.07. The molecule has 3 rings (SSSR count). The van der Waals surface area contributed by atoms with Crippen LogP contribution >= 0.6 is 23.4 Å². The Hall–Kier alpha value is -1.37. The van der Waals surface area contributed by atoms with Crippen molar-refractivity contribution in [3.8, 4) is 0 Å². The summed E-state index contributed by atoms with van der Waals surface area (Å²) in [6.07, 6.45) is -3.82. The fourth-order valence-corrected chi connectivity index (χ4v) is 4.00. The van der Waals surface area contributed by atoms with Gasteiger partial charge in [-0.1, -0.05) is 30.0 Å². The molecule has 1 heterocycles. The summed E-state index contributed by atoms with van der Waals surface area (Å²) >= 11 is 7.21. The fourth-order valence-electron chi connectivity index (χ4n) is 2.65. The number of rotatable bonds is 4. The normalized spacial score (nSPS) is 14.7. The number of nitrogens with one attached hydrogen (secondary N) is 1. The van der Waals surface area contributed by atoms with Crippen LogP contribution in [0.1, 0.15) is 16.7 Å². The maximum Gasteiger partial charge on any atom is 0.416 e. The molecule has 0 saturated carbocycles. The summed E-state index contributed by atoms with van der Waals surface area (Å²) in [5.41, 5.74) is 7.39. The van der Waals surface area contributed by atoms with Crippen molar-refractivity contribution in [2.45, 2.75) is 28.4 Å². The Morgan fingerprint density at radius 1 is 1.21 bits per heavy atom. The molecule has 1 aliphatic heterocycles. The number of halogens is 4. The fraction of sp³-hybridized carbons (Fsp3) is 0.294. The highest BCUT2D eigenvalue weighted by Crippen LogP contribution is 2.45. The Labute approximate surface area is 147 Å². The van der Waals surface area contributed by atoms with Crippen LogP contribution < -0.4 is 11.1 Å². The molecule has 0 saturated heterocycles. The SMILES string of the molecule is NCC(CCl)Nc1cc(C(F)(F)F)cc2c1Cc1ccccc1S2.